The van der Waals surface area contributed by atoms with Crippen LogP contribution in [0.2, 0.25) is 0 Å². The van der Waals surface area contributed by atoms with Gasteiger partial charge in [-0.1, -0.05) is 36.5 Å². The molecular formula is C13H4O2S5. The van der Waals surface area contributed by atoms with E-state index in [0.29, 0.717) is 19.8 Å². The van der Waals surface area contributed by atoms with Gasteiger partial charge in [-0.15, -0.1) is 45.3 Å². The third-order valence-electron chi connectivity index (χ3n) is 2.94. The maximum atomic E-state index is 12.6. The molecule has 2 aliphatic rings. The highest BCUT2D eigenvalue weighted by Crippen LogP contribution is 2.34. The first-order valence-corrected chi connectivity index (χ1v) is 9.25. The Morgan fingerprint density at radius 1 is 0.750 bits per heavy atom. The molecule has 1 aromatic carbocycles. The first-order valence-electron chi connectivity index (χ1n) is 5.57. The van der Waals surface area contributed by atoms with Gasteiger partial charge in [-0.05, 0) is 0 Å². The Bertz CT molecular complexity index is 1120. The van der Waals surface area contributed by atoms with Gasteiger partial charge in [0, 0.05) is 10.8 Å². The van der Waals surface area contributed by atoms with Gasteiger partial charge in [0.25, 0.3) is 0 Å². The van der Waals surface area contributed by atoms with E-state index in [1.165, 1.54) is 45.3 Å². The van der Waals surface area contributed by atoms with Crippen molar-refractivity contribution in [3.63, 3.8) is 0 Å². The van der Waals surface area contributed by atoms with Crippen molar-refractivity contribution in [3.05, 3.63) is 56.9 Å². The van der Waals surface area contributed by atoms with Crippen molar-refractivity contribution in [2.24, 2.45) is 0 Å². The Morgan fingerprint density at radius 2 is 1.20 bits per heavy atom. The zero-order chi connectivity index (χ0) is 13.9. The van der Waals surface area contributed by atoms with E-state index >= 15 is 0 Å². The smallest absolute Gasteiger partial charge is 0.205 e. The Hall–Kier alpha value is -0.990. The Balaban J connectivity index is 2.46. The highest BCUT2D eigenvalue weighted by molar-refractivity contribution is 7.78. The molecule has 0 fully saturated rings. The lowest BCUT2D eigenvalue weighted by atomic mass is 10.1. The van der Waals surface area contributed by atoms with Crippen molar-refractivity contribution in [2.75, 3.05) is 0 Å². The van der Waals surface area contributed by atoms with Crippen molar-refractivity contribution in [3.8, 4) is 0 Å². The van der Waals surface area contributed by atoms with Gasteiger partial charge < -0.3 is 0 Å². The van der Waals surface area contributed by atoms with Crippen LogP contribution >= 0.6 is 57.6 Å². The van der Waals surface area contributed by atoms with E-state index < -0.39 is 0 Å². The van der Waals surface area contributed by atoms with Gasteiger partial charge in [0.05, 0.1) is 9.06 Å². The molecule has 0 atom stereocenters. The molecule has 0 spiro atoms. The van der Waals surface area contributed by atoms with Crippen molar-refractivity contribution in [1.82, 2.24) is 0 Å². The average molecular weight is 353 g/mol. The number of hydrogen-bond acceptors (Lipinski definition) is 7. The molecule has 0 amide bonds. The molecule has 2 aromatic rings. The van der Waals surface area contributed by atoms with E-state index in [0.717, 1.165) is 11.2 Å². The highest BCUT2D eigenvalue weighted by Gasteiger charge is 2.11. The minimum absolute atomic E-state index is 0.0531. The van der Waals surface area contributed by atoms with Crippen LogP contribution in [-0.4, -0.2) is 0 Å². The third kappa shape index (κ3) is 1.74. The Labute approximate surface area is 132 Å². The Kier molecular flexibility index (Phi) is 2.87. The van der Waals surface area contributed by atoms with Gasteiger partial charge in [-0.3, -0.25) is 9.59 Å². The second kappa shape index (κ2) is 4.51. The molecule has 0 saturated heterocycles. The highest BCUT2D eigenvalue weighted by atomic mass is 32.2. The summed E-state index contributed by atoms with van der Waals surface area (Å²) in [7, 11) is 0. The lowest BCUT2D eigenvalue weighted by Crippen LogP contribution is -2.12. The maximum Gasteiger partial charge on any atom is 0.205 e. The number of rotatable bonds is 0. The topological polar surface area (TPSA) is 34.1 Å². The van der Waals surface area contributed by atoms with E-state index in [-0.39, 0.29) is 10.9 Å². The first kappa shape index (κ1) is 12.7. The predicted octanol–water partition coefficient (Wildman–Crippen LogP) is 4.41. The Morgan fingerprint density at radius 3 is 1.65 bits per heavy atom. The molecule has 20 heavy (non-hydrogen) atoms. The second-order valence-electron chi connectivity index (χ2n) is 4.10. The van der Waals surface area contributed by atoms with Crippen LogP contribution in [0, 0.1) is 12.2 Å². The molecule has 1 aromatic heterocycles. The van der Waals surface area contributed by atoms with Crippen LogP contribution in [0.5, 0.6) is 0 Å². The first-order chi connectivity index (χ1) is 9.65. The fourth-order valence-electron chi connectivity index (χ4n) is 2.08. The van der Waals surface area contributed by atoms with Gasteiger partial charge in [0.1, 0.15) is 11.2 Å². The van der Waals surface area contributed by atoms with E-state index in [1.807, 2.05) is 0 Å². The summed E-state index contributed by atoms with van der Waals surface area (Å²) in [5.74, 6) is 0. The lowest BCUT2D eigenvalue weighted by Gasteiger charge is -1.96. The normalized spacial score (nSPS) is 11.6. The summed E-state index contributed by atoms with van der Waals surface area (Å²) in [6.45, 7) is 0. The van der Waals surface area contributed by atoms with Crippen LogP contribution < -0.4 is 10.9 Å². The molecule has 2 nitrogen and oxygen atoms in total. The molecule has 0 bridgehead atoms. The molecule has 0 unspecified atom stereocenters. The van der Waals surface area contributed by atoms with E-state index in [2.05, 4.69) is 0 Å². The quantitative estimate of drug-likeness (QED) is 0.440. The summed E-state index contributed by atoms with van der Waals surface area (Å²) < 4.78 is 3.99. The number of fused-ring (bicyclic) bond motifs is 2. The summed E-state index contributed by atoms with van der Waals surface area (Å²) in [6.07, 6.45) is 0. The van der Waals surface area contributed by atoms with Crippen molar-refractivity contribution in [1.29, 1.82) is 0 Å². The SMILES string of the molecule is O=c1c2sc3sc(=S)sc3sc=2c(=O)c2ccccc12. The summed E-state index contributed by atoms with van der Waals surface area (Å²) in [4.78, 5) is 25.1. The van der Waals surface area contributed by atoms with Crippen molar-refractivity contribution < 1.29 is 0 Å². The fourth-order valence-corrected chi connectivity index (χ4v) is 8.25. The lowest BCUT2D eigenvalue weighted by molar-refractivity contribution is 1.55. The van der Waals surface area contributed by atoms with E-state index in [1.54, 1.807) is 24.3 Å². The monoisotopic (exact) mass is 352 g/mol. The molecule has 4 rings (SSSR count). The molecule has 0 saturated carbocycles. The van der Waals surface area contributed by atoms with Gasteiger partial charge in [0.15, 0.2) is 0 Å². The molecule has 98 valence electrons. The van der Waals surface area contributed by atoms with Crippen LogP contribution in [-0.2, 0) is 0 Å². The molecule has 2 heterocycles. The van der Waals surface area contributed by atoms with Gasteiger partial charge in [0.2, 0.25) is 10.9 Å². The number of benzene rings is 1. The molecule has 0 N–H and O–H groups in total. The van der Waals surface area contributed by atoms with Gasteiger partial charge in [-0.2, -0.15) is 0 Å². The van der Waals surface area contributed by atoms with E-state index in [9.17, 15) is 9.59 Å². The molecular weight excluding hydrogens is 348 g/mol. The minimum Gasteiger partial charge on any atom is -0.288 e. The van der Waals surface area contributed by atoms with Crippen LogP contribution in [0.1, 0.15) is 0 Å². The predicted molar refractivity (Wildman–Crippen MR) is 91.6 cm³/mol. The summed E-state index contributed by atoms with van der Waals surface area (Å²) in [5.41, 5.74) is -0.106. The standard InChI is InChI=1S/C13H4O2S5/c14-7-5-3-1-2-4-6(5)8(15)10-9(7)17-11-12(18-10)20-13(16)19-11/h1-4H. The third-order valence-corrected chi connectivity index (χ3v) is 8.67. The average Bonchev–Trinajstić information content (AvgIpc) is 2.82. The molecule has 0 radical (unpaired) electrons. The van der Waals surface area contributed by atoms with Crippen molar-refractivity contribution in [2.45, 2.75) is 0 Å². The second-order valence-corrected chi connectivity index (χ2v) is 9.88. The molecule has 1 aliphatic heterocycles. The largest absolute Gasteiger partial charge is 0.288 e. The zero-order valence-electron chi connectivity index (χ0n) is 9.67. The van der Waals surface area contributed by atoms with Crippen LogP contribution in [0.3, 0.4) is 0 Å². The van der Waals surface area contributed by atoms with Gasteiger partial charge >= 0.3 is 0 Å². The van der Waals surface area contributed by atoms with Crippen LogP contribution in [0.25, 0.3) is 18.8 Å². The van der Waals surface area contributed by atoms with Crippen molar-refractivity contribution >= 4 is 76.4 Å². The van der Waals surface area contributed by atoms with Crippen LogP contribution in [0.15, 0.2) is 33.9 Å². The maximum absolute atomic E-state index is 12.6. The summed E-state index contributed by atoms with van der Waals surface area (Å²) in [5, 5.41) is 1.01. The van der Waals surface area contributed by atoms with Gasteiger partial charge in [-0.25, -0.2) is 0 Å². The molecule has 1 aliphatic carbocycles. The zero-order valence-corrected chi connectivity index (χ0v) is 13.7. The summed E-state index contributed by atoms with van der Waals surface area (Å²) in [6, 6.07) is 7.01. The van der Waals surface area contributed by atoms with E-state index in [4.69, 9.17) is 12.2 Å². The molecule has 7 heteroatoms. The van der Waals surface area contributed by atoms with Crippen LogP contribution in [0.4, 0.5) is 0 Å². The summed E-state index contributed by atoms with van der Waals surface area (Å²) >= 11 is 11.0. The number of hydrogen-bond donors (Lipinski definition) is 0. The fraction of sp³-hybridized carbons (Fsp3) is 0. The minimum atomic E-state index is -0.0531.